The SMILES string of the molecule is CCSC(C)OC(=O)/C=C/c1cc(OC)c(O)c(OC)c1. The van der Waals surface area contributed by atoms with Crippen LogP contribution in [0.4, 0.5) is 0 Å². The Morgan fingerprint density at radius 1 is 1.33 bits per heavy atom. The molecule has 116 valence electrons. The Kier molecular flexibility index (Phi) is 6.94. The summed E-state index contributed by atoms with van der Waals surface area (Å²) in [7, 11) is 2.89. The Morgan fingerprint density at radius 3 is 2.38 bits per heavy atom. The van der Waals surface area contributed by atoms with Crippen molar-refractivity contribution in [3.63, 3.8) is 0 Å². The molecule has 0 aromatic heterocycles. The molecule has 0 aliphatic carbocycles. The second-order valence-electron chi connectivity index (χ2n) is 4.07. The zero-order chi connectivity index (χ0) is 15.8. The van der Waals surface area contributed by atoms with Crippen LogP contribution in [-0.2, 0) is 9.53 Å². The fraction of sp³-hybridized carbons (Fsp3) is 0.400. The first-order valence-electron chi connectivity index (χ1n) is 6.47. The molecule has 0 aliphatic heterocycles. The van der Waals surface area contributed by atoms with Gasteiger partial charge in [0.05, 0.1) is 14.2 Å². The molecule has 5 nitrogen and oxygen atoms in total. The van der Waals surface area contributed by atoms with Gasteiger partial charge in [-0.3, -0.25) is 0 Å². The van der Waals surface area contributed by atoms with Crippen molar-refractivity contribution in [2.24, 2.45) is 0 Å². The van der Waals surface area contributed by atoms with Crippen molar-refractivity contribution in [2.75, 3.05) is 20.0 Å². The van der Waals surface area contributed by atoms with Crippen molar-refractivity contribution in [3.8, 4) is 17.2 Å². The minimum Gasteiger partial charge on any atom is -0.502 e. The van der Waals surface area contributed by atoms with Gasteiger partial charge in [-0.05, 0) is 36.4 Å². The average molecular weight is 312 g/mol. The predicted octanol–water partition coefficient (Wildman–Crippen LogP) is 3.06. The summed E-state index contributed by atoms with van der Waals surface area (Å²) in [6.07, 6.45) is 2.91. The van der Waals surface area contributed by atoms with Crippen molar-refractivity contribution < 1.29 is 24.1 Å². The van der Waals surface area contributed by atoms with E-state index in [0.29, 0.717) is 5.56 Å². The Balaban J connectivity index is 2.82. The molecule has 0 spiro atoms. The highest BCUT2D eigenvalue weighted by Crippen LogP contribution is 2.37. The van der Waals surface area contributed by atoms with Crippen LogP contribution in [0.25, 0.3) is 6.08 Å². The molecule has 0 heterocycles. The van der Waals surface area contributed by atoms with Crippen LogP contribution in [0, 0.1) is 0 Å². The molecule has 1 atom stereocenters. The van der Waals surface area contributed by atoms with E-state index in [1.54, 1.807) is 30.0 Å². The Morgan fingerprint density at radius 2 is 1.90 bits per heavy atom. The number of phenolic OH excluding ortho intramolecular Hbond substituents is 1. The number of rotatable bonds is 7. The fourth-order valence-electron chi connectivity index (χ4n) is 1.65. The lowest BCUT2D eigenvalue weighted by atomic mass is 10.1. The molecule has 1 unspecified atom stereocenters. The number of thioether (sulfide) groups is 1. The zero-order valence-electron chi connectivity index (χ0n) is 12.6. The van der Waals surface area contributed by atoms with E-state index in [2.05, 4.69) is 0 Å². The lowest BCUT2D eigenvalue weighted by molar-refractivity contribution is -0.138. The van der Waals surface area contributed by atoms with E-state index in [9.17, 15) is 9.90 Å². The zero-order valence-corrected chi connectivity index (χ0v) is 13.4. The molecular formula is C15H20O5S. The molecule has 0 amide bonds. The number of phenols is 1. The van der Waals surface area contributed by atoms with Crippen LogP contribution in [0.5, 0.6) is 17.2 Å². The number of aromatic hydroxyl groups is 1. The van der Waals surface area contributed by atoms with Gasteiger partial charge in [-0.2, -0.15) is 0 Å². The van der Waals surface area contributed by atoms with E-state index in [1.807, 2.05) is 13.8 Å². The molecule has 1 rings (SSSR count). The number of carbonyl (C=O) groups is 1. The highest BCUT2D eigenvalue weighted by Gasteiger charge is 2.10. The Labute approximate surface area is 128 Å². The number of methoxy groups -OCH3 is 2. The Hall–Kier alpha value is -1.82. The molecule has 0 radical (unpaired) electrons. The molecule has 0 bridgehead atoms. The maximum Gasteiger partial charge on any atom is 0.331 e. The van der Waals surface area contributed by atoms with Crippen molar-refractivity contribution in [1.29, 1.82) is 0 Å². The first-order chi connectivity index (χ1) is 10.0. The van der Waals surface area contributed by atoms with Gasteiger partial charge in [-0.15, -0.1) is 11.8 Å². The number of carbonyl (C=O) groups excluding carboxylic acids is 1. The summed E-state index contributed by atoms with van der Waals surface area (Å²) in [6.45, 7) is 3.83. The standard InChI is InChI=1S/C15H20O5S/c1-5-21-10(2)20-14(16)7-6-11-8-12(18-3)15(17)13(9-11)19-4/h6-10,17H,5H2,1-4H3/b7-6+. The lowest BCUT2D eigenvalue weighted by Gasteiger charge is -2.10. The quantitative estimate of drug-likeness (QED) is 0.474. The summed E-state index contributed by atoms with van der Waals surface area (Å²) in [5.41, 5.74) is 0.477. The summed E-state index contributed by atoms with van der Waals surface area (Å²) >= 11 is 1.55. The molecule has 6 heteroatoms. The van der Waals surface area contributed by atoms with Crippen molar-refractivity contribution >= 4 is 23.8 Å². The molecule has 0 saturated heterocycles. The summed E-state index contributed by atoms with van der Waals surface area (Å²) in [5.74, 6) is 0.932. The van der Waals surface area contributed by atoms with Gasteiger partial charge < -0.3 is 19.3 Å². The maximum absolute atomic E-state index is 11.6. The third-order valence-corrected chi connectivity index (χ3v) is 3.50. The van der Waals surface area contributed by atoms with Gasteiger partial charge in [0, 0.05) is 6.08 Å². The lowest BCUT2D eigenvalue weighted by Crippen LogP contribution is -2.09. The second-order valence-corrected chi connectivity index (χ2v) is 5.64. The molecule has 0 saturated carbocycles. The topological polar surface area (TPSA) is 65.0 Å². The summed E-state index contributed by atoms with van der Waals surface area (Å²) in [4.78, 5) is 11.6. The second kappa shape index (κ2) is 8.46. The van der Waals surface area contributed by atoms with Crippen LogP contribution < -0.4 is 9.47 Å². The molecule has 0 fully saturated rings. The molecule has 0 aliphatic rings. The fourth-order valence-corrected chi connectivity index (χ4v) is 2.28. The van der Waals surface area contributed by atoms with E-state index in [-0.39, 0.29) is 22.7 Å². The third-order valence-electron chi connectivity index (χ3n) is 2.60. The van der Waals surface area contributed by atoms with Crippen molar-refractivity contribution in [2.45, 2.75) is 19.3 Å². The number of hydrogen-bond acceptors (Lipinski definition) is 6. The van der Waals surface area contributed by atoms with Gasteiger partial charge in [-0.1, -0.05) is 6.92 Å². The molecule has 1 aromatic carbocycles. The average Bonchev–Trinajstić information content (AvgIpc) is 2.46. The Bertz CT molecular complexity index is 488. The van der Waals surface area contributed by atoms with Crippen LogP contribution in [0.3, 0.4) is 0 Å². The monoisotopic (exact) mass is 312 g/mol. The largest absolute Gasteiger partial charge is 0.502 e. The van der Waals surface area contributed by atoms with Crippen LogP contribution in [0.2, 0.25) is 0 Å². The minimum absolute atomic E-state index is 0.0762. The summed E-state index contributed by atoms with van der Waals surface area (Å²) < 4.78 is 15.3. The number of ether oxygens (including phenoxy) is 3. The van der Waals surface area contributed by atoms with Gasteiger partial charge in [0.15, 0.2) is 11.5 Å². The van der Waals surface area contributed by atoms with Crippen LogP contribution in [0.15, 0.2) is 18.2 Å². The molecular weight excluding hydrogens is 292 g/mol. The van der Waals surface area contributed by atoms with Crippen molar-refractivity contribution in [1.82, 2.24) is 0 Å². The van der Waals surface area contributed by atoms with Gasteiger partial charge in [0.25, 0.3) is 0 Å². The van der Waals surface area contributed by atoms with Gasteiger partial charge in [-0.25, -0.2) is 4.79 Å². The maximum atomic E-state index is 11.6. The third kappa shape index (κ3) is 5.23. The smallest absolute Gasteiger partial charge is 0.331 e. The van der Waals surface area contributed by atoms with Crippen molar-refractivity contribution in [3.05, 3.63) is 23.8 Å². The molecule has 21 heavy (non-hydrogen) atoms. The van der Waals surface area contributed by atoms with Gasteiger partial charge in [0.2, 0.25) is 5.75 Å². The highest BCUT2D eigenvalue weighted by atomic mass is 32.2. The molecule has 1 N–H and O–H groups in total. The van der Waals surface area contributed by atoms with E-state index >= 15 is 0 Å². The van der Waals surface area contributed by atoms with Crippen LogP contribution in [0.1, 0.15) is 19.4 Å². The van der Waals surface area contributed by atoms with E-state index in [1.165, 1.54) is 20.3 Å². The number of benzene rings is 1. The summed E-state index contributed by atoms with van der Waals surface area (Å²) in [6, 6.07) is 3.21. The predicted molar refractivity (Wildman–Crippen MR) is 83.9 cm³/mol. The van der Waals surface area contributed by atoms with E-state index < -0.39 is 5.97 Å². The van der Waals surface area contributed by atoms with Crippen LogP contribution in [-0.4, -0.2) is 36.5 Å². The summed E-state index contributed by atoms with van der Waals surface area (Å²) in [5, 5.41) is 9.80. The minimum atomic E-state index is -0.422. The van der Waals surface area contributed by atoms with Gasteiger partial charge >= 0.3 is 5.97 Å². The van der Waals surface area contributed by atoms with Gasteiger partial charge in [0.1, 0.15) is 5.44 Å². The van der Waals surface area contributed by atoms with E-state index in [4.69, 9.17) is 14.2 Å². The number of hydrogen-bond donors (Lipinski definition) is 1. The highest BCUT2D eigenvalue weighted by molar-refractivity contribution is 7.99. The molecule has 1 aromatic rings. The first kappa shape index (κ1) is 17.2. The van der Waals surface area contributed by atoms with Crippen LogP contribution >= 0.6 is 11.8 Å². The number of esters is 1. The normalized spacial score (nSPS) is 12.2. The first-order valence-corrected chi connectivity index (χ1v) is 7.52. The van der Waals surface area contributed by atoms with E-state index in [0.717, 1.165) is 5.75 Å².